The summed E-state index contributed by atoms with van der Waals surface area (Å²) in [6.07, 6.45) is 8.48. The average Bonchev–Trinajstić information content (AvgIpc) is 2.24. The van der Waals surface area contributed by atoms with E-state index in [4.69, 9.17) is 5.11 Å². The van der Waals surface area contributed by atoms with Gasteiger partial charge in [0, 0.05) is 0 Å². The second kappa shape index (κ2) is 4.37. The highest BCUT2D eigenvalue weighted by Crippen LogP contribution is 2.56. The molecule has 0 aromatic carbocycles. The van der Waals surface area contributed by atoms with Gasteiger partial charge < -0.3 is 5.11 Å². The molecule has 0 amide bonds. The molecule has 0 heterocycles. The van der Waals surface area contributed by atoms with E-state index in [2.05, 4.69) is 26.5 Å². The topological polar surface area (TPSA) is 20.2 Å². The lowest BCUT2D eigenvalue weighted by Crippen LogP contribution is -2.41. The lowest BCUT2D eigenvalue weighted by Gasteiger charge is -2.51. The molecule has 0 aromatic rings. The third kappa shape index (κ3) is 2.10. The molecule has 90 valence electrons. The van der Waals surface area contributed by atoms with Gasteiger partial charge >= 0.3 is 0 Å². The first-order valence-corrected chi connectivity index (χ1v) is 6.49. The van der Waals surface area contributed by atoms with Crippen molar-refractivity contribution < 1.29 is 5.11 Å². The summed E-state index contributed by atoms with van der Waals surface area (Å²) in [5.41, 5.74) is 3.15. The van der Waals surface area contributed by atoms with Crippen molar-refractivity contribution in [3.8, 4) is 0 Å². The molecule has 0 radical (unpaired) electrons. The van der Waals surface area contributed by atoms with Crippen molar-refractivity contribution in [3.63, 3.8) is 0 Å². The largest absolute Gasteiger partial charge is 0.392 e. The Labute approximate surface area is 99.3 Å². The van der Waals surface area contributed by atoms with Crippen molar-refractivity contribution in [2.24, 2.45) is 17.3 Å². The van der Waals surface area contributed by atoms with E-state index in [9.17, 15) is 0 Å². The molecule has 0 bridgehead atoms. The van der Waals surface area contributed by atoms with Gasteiger partial charge in [0.15, 0.2) is 0 Å². The van der Waals surface area contributed by atoms with Crippen molar-refractivity contribution in [3.05, 3.63) is 23.8 Å². The van der Waals surface area contributed by atoms with Crippen LogP contribution in [-0.4, -0.2) is 11.7 Å². The van der Waals surface area contributed by atoms with Gasteiger partial charge in [-0.1, -0.05) is 25.2 Å². The van der Waals surface area contributed by atoms with E-state index in [1.807, 2.05) is 0 Å². The summed E-state index contributed by atoms with van der Waals surface area (Å²) in [7, 11) is 0. The lowest BCUT2D eigenvalue weighted by molar-refractivity contribution is 0.0211. The molecule has 2 aliphatic rings. The van der Waals surface area contributed by atoms with Gasteiger partial charge in [-0.15, -0.1) is 0 Å². The highest BCUT2D eigenvalue weighted by Gasteiger charge is 2.45. The maximum Gasteiger partial charge on any atom is 0.0641 e. The Kier molecular flexibility index (Phi) is 3.25. The van der Waals surface area contributed by atoms with Gasteiger partial charge in [-0.05, 0) is 61.9 Å². The first-order chi connectivity index (χ1) is 7.55. The highest BCUT2D eigenvalue weighted by atomic mass is 16.3. The zero-order valence-electron chi connectivity index (χ0n) is 10.6. The quantitative estimate of drug-likeness (QED) is 0.719. The Hall–Kier alpha value is -0.560. The summed E-state index contributed by atoms with van der Waals surface area (Å²) < 4.78 is 0. The Morgan fingerprint density at radius 2 is 2.25 bits per heavy atom. The van der Waals surface area contributed by atoms with Crippen LogP contribution in [0.1, 0.15) is 46.0 Å². The van der Waals surface area contributed by atoms with Crippen molar-refractivity contribution in [1.82, 2.24) is 0 Å². The third-order valence-corrected chi connectivity index (χ3v) is 4.82. The first kappa shape index (κ1) is 11.9. The van der Waals surface area contributed by atoms with E-state index in [1.165, 1.54) is 36.8 Å². The van der Waals surface area contributed by atoms with E-state index >= 15 is 0 Å². The average molecular weight is 220 g/mol. The van der Waals surface area contributed by atoms with Gasteiger partial charge in [0.2, 0.25) is 0 Å². The normalized spacial score (nSPS) is 38.8. The van der Waals surface area contributed by atoms with Crippen LogP contribution in [0.5, 0.6) is 0 Å². The molecule has 0 aromatic heterocycles. The summed E-state index contributed by atoms with van der Waals surface area (Å²) in [5.74, 6) is 1.60. The van der Waals surface area contributed by atoms with Crippen LogP contribution in [0, 0.1) is 17.3 Å². The zero-order chi connectivity index (χ0) is 11.8. The number of hydrogen-bond donors (Lipinski definition) is 1. The predicted molar refractivity (Wildman–Crippen MR) is 68.2 cm³/mol. The van der Waals surface area contributed by atoms with Crippen LogP contribution in [0.2, 0.25) is 0 Å². The van der Waals surface area contributed by atoms with Crippen molar-refractivity contribution >= 4 is 0 Å². The molecular weight excluding hydrogens is 196 g/mol. The molecule has 1 fully saturated rings. The smallest absolute Gasteiger partial charge is 0.0641 e. The molecule has 16 heavy (non-hydrogen) atoms. The molecule has 1 nitrogen and oxygen atoms in total. The van der Waals surface area contributed by atoms with E-state index in [1.54, 1.807) is 0 Å². The number of rotatable bonds is 3. The monoisotopic (exact) mass is 220 g/mol. The highest BCUT2D eigenvalue weighted by molar-refractivity contribution is 5.13. The molecule has 1 atom stereocenters. The van der Waals surface area contributed by atoms with E-state index < -0.39 is 0 Å². The van der Waals surface area contributed by atoms with Crippen LogP contribution in [0.4, 0.5) is 0 Å². The fourth-order valence-corrected chi connectivity index (χ4v) is 3.41. The van der Waals surface area contributed by atoms with Crippen LogP contribution in [0.15, 0.2) is 23.8 Å². The van der Waals surface area contributed by atoms with Crippen molar-refractivity contribution in [1.29, 1.82) is 0 Å². The number of allylic oxidation sites excluding steroid dienone is 2. The van der Waals surface area contributed by atoms with Crippen LogP contribution < -0.4 is 0 Å². The van der Waals surface area contributed by atoms with E-state index in [0.29, 0.717) is 5.41 Å². The number of aliphatic hydroxyl groups excluding tert-OH is 1. The molecule has 1 unspecified atom stereocenters. The van der Waals surface area contributed by atoms with Crippen LogP contribution in [0.3, 0.4) is 0 Å². The zero-order valence-corrected chi connectivity index (χ0v) is 10.6. The summed E-state index contributed by atoms with van der Waals surface area (Å²) in [6, 6.07) is 0. The minimum Gasteiger partial charge on any atom is -0.392 e. The van der Waals surface area contributed by atoms with E-state index in [-0.39, 0.29) is 6.61 Å². The molecular formula is C15H24O. The fraction of sp³-hybridized carbons (Fsp3) is 0.733. The molecule has 2 aliphatic carbocycles. The van der Waals surface area contributed by atoms with Crippen LogP contribution in [0.25, 0.3) is 0 Å². The summed E-state index contributed by atoms with van der Waals surface area (Å²) >= 11 is 0. The van der Waals surface area contributed by atoms with Crippen molar-refractivity contribution in [2.45, 2.75) is 46.0 Å². The molecule has 0 saturated heterocycles. The fourth-order valence-electron chi connectivity index (χ4n) is 3.41. The van der Waals surface area contributed by atoms with Gasteiger partial charge in [-0.3, -0.25) is 0 Å². The molecule has 2 rings (SSSR count). The van der Waals surface area contributed by atoms with Crippen molar-refractivity contribution in [2.75, 3.05) is 6.61 Å². The summed E-state index contributed by atoms with van der Waals surface area (Å²) in [4.78, 5) is 0. The molecule has 0 spiro atoms. The Morgan fingerprint density at radius 1 is 1.56 bits per heavy atom. The summed E-state index contributed by atoms with van der Waals surface area (Å²) in [6.45, 7) is 8.93. The Bertz CT molecular complexity index is 307. The molecule has 0 aliphatic heterocycles. The maximum atomic E-state index is 9.09. The molecule has 1 saturated carbocycles. The lowest BCUT2D eigenvalue weighted by atomic mass is 9.53. The SMILES string of the molecule is C=C(C)C1CC(C)(C2CC=C(CO)CC2)C1. The predicted octanol–water partition coefficient (Wildman–Crippen LogP) is 3.70. The van der Waals surface area contributed by atoms with Gasteiger partial charge in [-0.2, -0.15) is 0 Å². The van der Waals surface area contributed by atoms with Gasteiger partial charge in [0.25, 0.3) is 0 Å². The third-order valence-electron chi connectivity index (χ3n) is 4.82. The first-order valence-electron chi connectivity index (χ1n) is 6.49. The minimum atomic E-state index is 0.262. The Morgan fingerprint density at radius 3 is 2.69 bits per heavy atom. The van der Waals surface area contributed by atoms with Gasteiger partial charge in [-0.25, -0.2) is 0 Å². The number of aliphatic hydroxyl groups is 1. The van der Waals surface area contributed by atoms with E-state index in [0.717, 1.165) is 18.3 Å². The van der Waals surface area contributed by atoms with Gasteiger partial charge in [0.1, 0.15) is 0 Å². The maximum absolute atomic E-state index is 9.09. The van der Waals surface area contributed by atoms with Crippen LogP contribution >= 0.6 is 0 Å². The van der Waals surface area contributed by atoms with Gasteiger partial charge in [0.05, 0.1) is 6.61 Å². The number of hydrogen-bond acceptors (Lipinski definition) is 1. The minimum absolute atomic E-state index is 0.262. The molecule has 1 heteroatoms. The standard InChI is InChI=1S/C15H24O/c1-11(2)13-8-15(3,9-13)14-6-4-12(10-16)5-7-14/h4,13-14,16H,1,5-10H2,2-3H3. The second-order valence-corrected chi connectivity index (χ2v) is 6.10. The Balaban J connectivity index is 1.91. The van der Waals surface area contributed by atoms with Crippen LogP contribution in [-0.2, 0) is 0 Å². The second-order valence-electron chi connectivity index (χ2n) is 6.10. The molecule has 1 N–H and O–H groups in total. The summed E-state index contributed by atoms with van der Waals surface area (Å²) in [5, 5.41) is 9.09.